The standard InChI is InChI=1S/C17H23FN2/c1-2-10-20(12-14-5-6-14)13-15-7-8-17(18)16(11-15)4-3-9-19/h7-8,11,14H,2,5-6,9-10,12-13,19H2,1H3. The smallest absolute Gasteiger partial charge is 0.138 e. The molecule has 108 valence electrons. The van der Waals surface area contributed by atoms with Gasteiger partial charge in [0.1, 0.15) is 5.82 Å². The van der Waals surface area contributed by atoms with Crippen molar-refractivity contribution in [3.63, 3.8) is 0 Å². The zero-order chi connectivity index (χ0) is 14.4. The second kappa shape index (κ2) is 7.42. The fourth-order valence-electron chi connectivity index (χ4n) is 2.39. The Morgan fingerprint density at radius 2 is 2.20 bits per heavy atom. The van der Waals surface area contributed by atoms with Gasteiger partial charge in [-0.3, -0.25) is 4.90 Å². The van der Waals surface area contributed by atoms with Gasteiger partial charge in [-0.15, -0.1) is 0 Å². The van der Waals surface area contributed by atoms with Crippen LogP contribution in [0, 0.1) is 23.6 Å². The Balaban J connectivity index is 2.06. The highest BCUT2D eigenvalue weighted by Crippen LogP contribution is 2.30. The molecule has 1 saturated carbocycles. The van der Waals surface area contributed by atoms with Gasteiger partial charge in [0.25, 0.3) is 0 Å². The lowest BCUT2D eigenvalue weighted by atomic mass is 10.1. The van der Waals surface area contributed by atoms with Crippen molar-refractivity contribution in [3.05, 3.63) is 35.1 Å². The number of hydrogen-bond donors (Lipinski definition) is 1. The lowest BCUT2D eigenvalue weighted by molar-refractivity contribution is 0.255. The van der Waals surface area contributed by atoms with Crippen molar-refractivity contribution in [1.82, 2.24) is 4.90 Å². The molecule has 1 aromatic rings. The van der Waals surface area contributed by atoms with E-state index in [9.17, 15) is 4.39 Å². The van der Waals surface area contributed by atoms with Gasteiger partial charge in [0.2, 0.25) is 0 Å². The zero-order valence-corrected chi connectivity index (χ0v) is 12.2. The van der Waals surface area contributed by atoms with Crippen molar-refractivity contribution in [2.75, 3.05) is 19.6 Å². The first kappa shape index (κ1) is 15.0. The molecule has 1 aromatic carbocycles. The first-order chi connectivity index (χ1) is 9.72. The molecule has 1 aliphatic rings. The predicted molar refractivity (Wildman–Crippen MR) is 80.6 cm³/mol. The van der Waals surface area contributed by atoms with E-state index in [-0.39, 0.29) is 12.4 Å². The molecule has 0 aromatic heterocycles. The van der Waals surface area contributed by atoms with Crippen LogP contribution in [-0.4, -0.2) is 24.5 Å². The molecule has 0 bridgehead atoms. The Morgan fingerprint density at radius 1 is 1.40 bits per heavy atom. The fourth-order valence-corrected chi connectivity index (χ4v) is 2.39. The van der Waals surface area contributed by atoms with Gasteiger partial charge in [0, 0.05) is 13.1 Å². The van der Waals surface area contributed by atoms with E-state index in [4.69, 9.17) is 5.73 Å². The Hall–Kier alpha value is -1.37. The molecule has 1 aliphatic carbocycles. The lowest BCUT2D eigenvalue weighted by Crippen LogP contribution is -2.26. The first-order valence-electron chi connectivity index (χ1n) is 7.42. The van der Waals surface area contributed by atoms with E-state index in [1.807, 2.05) is 12.1 Å². The van der Waals surface area contributed by atoms with Crippen LogP contribution in [-0.2, 0) is 6.54 Å². The second-order valence-electron chi connectivity index (χ2n) is 5.50. The molecule has 20 heavy (non-hydrogen) atoms. The Labute approximate surface area is 121 Å². The molecule has 2 nitrogen and oxygen atoms in total. The van der Waals surface area contributed by atoms with Gasteiger partial charge in [-0.25, -0.2) is 4.39 Å². The van der Waals surface area contributed by atoms with Crippen LogP contribution in [0.3, 0.4) is 0 Å². The topological polar surface area (TPSA) is 29.3 Å². The van der Waals surface area contributed by atoms with E-state index in [2.05, 4.69) is 23.7 Å². The highest BCUT2D eigenvalue weighted by Gasteiger charge is 2.23. The van der Waals surface area contributed by atoms with Crippen molar-refractivity contribution in [3.8, 4) is 11.8 Å². The third-order valence-electron chi connectivity index (χ3n) is 3.52. The summed E-state index contributed by atoms with van der Waals surface area (Å²) in [6, 6.07) is 5.23. The van der Waals surface area contributed by atoms with Crippen LogP contribution >= 0.6 is 0 Å². The van der Waals surface area contributed by atoms with E-state index < -0.39 is 0 Å². The molecule has 0 radical (unpaired) electrons. The van der Waals surface area contributed by atoms with E-state index in [1.54, 1.807) is 0 Å². The molecule has 0 unspecified atom stereocenters. The number of rotatable bonds is 6. The maximum Gasteiger partial charge on any atom is 0.138 e. The largest absolute Gasteiger partial charge is 0.320 e. The van der Waals surface area contributed by atoms with Crippen LogP contribution in [0.4, 0.5) is 4.39 Å². The Kier molecular flexibility index (Phi) is 5.58. The van der Waals surface area contributed by atoms with Crippen molar-refractivity contribution < 1.29 is 4.39 Å². The third kappa shape index (κ3) is 4.63. The number of hydrogen-bond acceptors (Lipinski definition) is 2. The predicted octanol–water partition coefficient (Wildman–Crippen LogP) is 2.76. The van der Waals surface area contributed by atoms with E-state index in [0.29, 0.717) is 5.56 Å². The van der Waals surface area contributed by atoms with E-state index in [1.165, 1.54) is 18.9 Å². The summed E-state index contributed by atoms with van der Waals surface area (Å²) in [4.78, 5) is 2.46. The summed E-state index contributed by atoms with van der Waals surface area (Å²) in [5.41, 5.74) is 6.92. The van der Waals surface area contributed by atoms with Crippen LogP contribution < -0.4 is 5.73 Å². The van der Waals surface area contributed by atoms with Gasteiger partial charge in [-0.2, -0.15) is 0 Å². The average molecular weight is 274 g/mol. The van der Waals surface area contributed by atoms with Crippen molar-refractivity contribution >= 4 is 0 Å². The summed E-state index contributed by atoms with van der Waals surface area (Å²) in [6.07, 6.45) is 3.86. The van der Waals surface area contributed by atoms with Gasteiger partial charge in [-0.1, -0.05) is 24.8 Å². The van der Waals surface area contributed by atoms with E-state index >= 15 is 0 Å². The lowest BCUT2D eigenvalue weighted by Gasteiger charge is -2.21. The molecule has 2 rings (SSSR count). The van der Waals surface area contributed by atoms with Crippen molar-refractivity contribution in [2.45, 2.75) is 32.7 Å². The molecule has 0 heterocycles. The maximum absolute atomic E-state index is 13.6. The van der Waals surface area contributed by atoms with Crippen LogP contribution in [0.2, 0.25) is 0 Å². The molecular formula is C17H23FN2. The Morgan fingerprint density at radius 3 is 2.85 bits per heavy atom. The minimum absolute atomic E-state index is 0.257. The van der Waals surface area contributed by atoms with Crippen LogP contribution in [0.15, 0.2) is 18.2 Å². The van der Waals surface area contributed by atoms with Gasteiger partial charge >= 0.3 is 0 Å². The molecule has 0 amide bonds. The SMILES string of the molecule is CCCN(Cc1ccc(F)c(C#CCN)c1)CC1CC1. The van der Waals surface area contributed by atoms with Gasteiger partial charge in [0.05, 0.1) is 12.1 Å². The number of halogens is 1. The molecule has 0 saturated heterocycles. The highest BCUT2D eigenvalue weighted by molar-refractivity contribution is 5.38. The minimum Gasteiger partial charge on any atom is -0.320 e. The zero-order valence-electron chi connectivity index (χ0n) is 12.2. The summed E-state index contributed by atoms with van der Waals surface area (Å²) in [5, 5.41) is 0. The van der Waals surface area contributed by atoms with Gasteiger partial charge in [0.15, 0.2) is 0 Å². The summed E-state index contributed by atoms with van der Waals surface area (Å²) in [6.45, 7) is 5.59. The second-order valence-corrected chi connectivity index (χ2v) is 5.50. The summed E-state index contributed by atoms with van der Waals surface area (Å²) >= 11 is 0. The van der Waals surface area contributed by atoms with Crippen LogP contribution in [0.5, 0.6) is 0 Å². The van der Waals surface area contributed by atoms with Gasteiger partial charge < -0.3 is 5.73 Å². The molecular weight excluding hydrogens is 251 g/mol. The maximum atomic E-state index is 13.6. The Bertz CT molecular complexity index is 497. The van der Waals surface area contributed by atoms with Crippen LogP contribution in [0.25, 0.3) is 0 Å². The minimum atomic E-state index is -0.265. The van der Waals surface area contributed by atoms with Gasteiger partial charge in [-0.05, 0) is 49.4 Å². The third-order valence-corrected chi connectivity index (χ3v) is 3.52. The molecule has 3 heteroatoms. The van der Waals surface area contributed by atoms with E-state index in [0.717, 1.165) is 37.5 Å². The first-order valence-corrected chi connectivity index (χ1v) is 7.42. The number of nitrogens with two attached hydrogens (primary N) is 1. The molecule has 1 fully saturated rings. The number of nitrogens with zero attached hydrogens (tertiary/aromatic N) is 1. The summed E-state index contributed by atoms with van der Waals surface area (Å²) in [7, 11) is 0. The molecule has 0 spiro atoms. The normalized spacial score (nSPS) is 14.2. The quantitative estimate of drug-likeness (QED) is 0.808. The molecule has 2 N–H and O–H groups in total. The molecule has 0 aliphatic heterocycles. The highest BCUT2D eigenvalue weighted by atomic mass is 19.1. The summed E-state index contributed by atoms with van der Waals surface area (Å²) < 4.78 is 13.6. The average Bonchev–Trinajstić information content (AvgIpc) is 3.23. The molecule has 0 atom stereocenters. The summed E-state index contributed by atoms with van der Waals surface area (Å²) in [5.74, 6) is 6.13. The number of benzene rings is 1. The fraction of sp³-hybridized carbons (Fsp3) is 0.529. The van der Waals surface area contributed by atoms with Crippen molar-refractivity contribution in [1.29, 1.82) is 0 Å². The van der Waals surface area contributed by atoms with Crippen LogP contribution in [0.1, 0.15) is 37.3 Å². The monoisotopic (exact) mass is 274 g/mol. The van der Waals surface area contributed by atoms with Crippen molar-refractivity contribution in [2.24, 2.45) is 11.7 Å².